The first kappa shape index (κ1) is 27.7. The first-order chi connectivity index (χ1) is 20.8. The minimum Gasteiger partial charge on any atom is -0.381 e. The summed E-state index contributed by atoms with van der Waals surface area (Å²) in [6.07, 6.45) is 4.53. The molecule has 4 aromatic rings. The highest BCUT2D eigenvalue weighted by Crippen LogP contribution is 2.44. The van der Waals surface area contributed by atoms with Crippen LogP contribution in [0.15, 0.2) is 36.5 Å². The molecule has 0 spiro atoms. The Balaban J connectivity index is 1.17. The average Bonchev–Trinajstić information content (AvgIpc) is 3.68. The van der Waals surface area contributed by atoms with Gasteiger partial charge in [-0.05, 0) is 43.2 Å². The van der Waals surface area contributed by atoms with E-state index in [1.807, 2.05) is 22.8 Å². The third-order valence-corrected chi connectivity index (χ3v) is 9.53. The Hall–Kier alpha value is -4.12. The van der Waals surface area contributed by atoms with E-state index in [1.165, 1.54) is 23.5 Å². The molecule has 3 fully saturated rings. The molecular formula is C30H31FN8O3S. The third kappa shape index (κ3) is 5.09. The molecule has 1 saturated carbocycles. The van der Waals surface area contributed by atoms with Gasteiger partial charge in [0.25, 0.3) is 5.91 Å². The zero-order chi connectivity index (χ0) is 29.7. The van der Waals surface area contributed by atoms with Crippen molar-refractivity contribution in [3.05, 3.63) is 47.2 Å². The number of hydrogen-bond donors (Lipinski definition) is 1. The van der Waals surface area contributed by atoms with Gasteiger partial charge in [-0.3, -0.25) is 4.79 Å². The molecule has 11 nitrogen and oxygen atoms in total. The molecule has 0 unspecified atom stereocenters. The van der Waals surface area contributed by atoms with E-state index >= 15 is 0 Å². The van der Waals surface area contributed by atoms with Gasteiger partial charge in [-0.15, -0.1) is 0 Å². The number of piperazine rings is 1. The molecule has 0 bridgehead atoms. The van der Waals surface area contributed by atoms with Crippen LogP contribution in [0.25, 0.3) is 22.3 Å². The molecule has 3 aliphatic rings. The molecule has 13 heteroatoms. The van der Waals surface area contributed by atoms with Gasteiger partial charge < -0.3 is 24.5 Å². The molecule has 1 aromatic carbocycles. The fourth-order valence-electron chi connectivity index (χ4n) is 5.85. The third-order valence-electron chi connectivity index (χ3n) is 8.50. The number of nitriles is 1. The number of amides is 1. The van der Waals surface area contributed by atoms with E-state index in [1.54, 1.807) is 17.0 Å². The highest BCUT2D eigenvalue weighted by atomic mass is 32.1. The quantitative estimate of drug-likeness (QED) is 0.350. The molecule has 1 amide bonds. The molecule has 2 aliphatic heterocycles. The van der Waals surface area contributed by atoms with Gasteiger partial charge in [0.15, 0.2) is 10.8 Å². The molecule has 3 aromatic heterocycles. The predicted molar refractivity (Wildman–Crippen MR) is 160 cm³/mol. The lowest BCUT2D eigenvalue weighted by atomic mass is 9.92. The fourth-order valence-corrected chi connectivity index (χ4v) is 6.70. The lowest BCUT2D eigenvalue weighted by Crippen LogP contribution is -2.57. The second kappa shape index (κ2) is 10.9. The number of hydrogen-bond acceptors (Lipinski definition) is 10. The number of ether oxygens (including phenoxy) is 1. The summed E-state index contributed by atoms with van der Waals surface area (Å²) >= 11 is 1.28. The predicted octanol–water partition coefficient (Wildman–Crippen LogP) is 3.86. The van der Waals surface area contributed by atoms with E-state index in [-0.39, 0.29) is 17.8 Å². The number of pyridine rings is 1. The largest absolute Gasteiger partial charge is 0.381 e. The number of aliphatic hydroxyl groups is 1. The maximum atomic E-state index is 13.6. The van der Waals surface area contributed by atoms with E-state index in [0.717, 1.165) is 29.7 Å². The maximum absolute atomic E-state index is 13.6. The summed E-state index contributed by atoms with van der Waals surface area (Å²) in [4.78, 5) is 29.0. The number of fused-ring (bicyclic) bond motifs is 1. The SMILES string of the molecule is CN(c1nc(-c2ccc(F)cc2)c(C#N)s1)c1c2cc(N3CCN(C(=O)C4(O)CCOCC4)CC3)cnc2nn1C1CC1. The van der Waals surface area contributed by atoms with Crippen LogP contribution in [0, 0.1) is 17.1 Å². The fraction of sp³-hybridized carbons (Fsp3) is 0.433. The van der Waals surface area contributed by atoms with Gasteiger partial charge in [0.1, 0.15) is 33.9 Å². The molecule has 43 heavy (non-hydrogen) atoms. The molecule has 222 valence electrons. The number of carbonyl (C=O) groups excluding carboxylic acids is 1. The summed E-state index contributed by atoms with van der Waals surface area (Å²) in [5.41, 5.74) is 1.42. The lowest BCUT2D eigenvalue weighted by molar-refractivity contribution is -0.161. The van der Waals surface area contributed by atoms with Crippen molar-refractivity contribution in [1.29, 1.82) is 5.26 Å². The van der Waals surface area contributed by atoms with Crippen molar-refractivity contribution in [3.63, 3.8) is 0 Å². The smallest absolute Gasteiger partial charge is 0.254 e. The molecule has 1 N–H and O–H groups in total. The summed E-state index contributed by atoms with van der Waals surface area (Å²) in [5, 5.41) is 27.1. The topological polar surface area (TPSA) is 124 Å². The monoisotopic (exact) mass is 602 g/mol. The summed E-state index contributed by atoms with van der Waals surface area (Å²) in [6, 6.07) is 10.6. The van der Waals surface area contributed by atoms with Crippen LogP contribution in [0.3, 0.4) is 0 Å². The van der Waals surface area contributed by atoms with E-state index in [0.29, 0.717) is 79.1 Å². The van der Waals surface area contributed by atoms with Crippen LogP contribution in [0.2, 0.25) is 0 Å². The van der Waals surface area contributed by atoms with Gasteiger partial charge in [-0.1, -0.05) is 11.3 Å². The normalized spacial score (nSPS) is 18.6. The van der Waals surface area contributed by atoms with Gasteiger partial charge in [0.05, 0.1) is 23.3 Å². The van der Waals surface area contributed by atoms with Crippen molar-refractivity contribution in [2.24, 2.45) is 0 Å². The number of nitrogens with zero attached hydrogens (tertiary/aromatic N) is 8. The van der Waals surface area contributed by atoms with Gasteiger partial charge in [0, 0.05) is 64.8 Å². The Labute approximate surface area is 251 Å². The zero-order valence-electron chi connectivity index (χ0n) is 23.7. The van der Waals surface area contributed by atoms with Crippen molar-refractivity contribution >= 4 is 44.9 Å². The molecule has 0 atom stereocenters. The zero-order valence-corrected chi connectivity index (χ0v) is 24.6. The van der Waals surface area contributed by atoms with Gasteiger partial charge >= 0.3 is 0 Å². The van der Waals surface area contributed by atoms with Crippen molar-refractivity contribution in [1.82, 2.24) is 24.6 Å². The van der Waals surface area contributed by atoms with Crippen LogP contribution in [0.4, 0.5) is 21.0 Å². The Morgan fingerprint density at radius 3 is 2.58 bits per heavy atom. The number of aromatic nitrogens is 4. The summed E-state index contributed by atoms with van der Waals surface area (Å²) < 4.78 is 20.9. The Bertz CT molecular complexity index is 1710. The number of benzene rings is 1. The van der Waals surface area contributed by atoms with Crippen LogP contribution >= 0.6 is 11.3 Å². The van der Waals surface area contributed by atoms with E-state index < -0.39 is 5.60 Å². The van der Waals surface area contributed by atoms with Gasteiger partial charge in [-0.2, -0.15) is 10.4 Å². The number of halogens is 1. The van der Waals surface area contributed by atoms with Gasteiger partial charge in [0.2, 0.25) is 0 Å². The first-order valence-corrected chi connectivity index (χ1v) is 15.3. The maximum Gasteiger partial charge on any atom is 0.254 e. The second-order valence-electron chi connectivity index (χ2n) is 11.3. The van der Waals surface area contributed by atoms with Crippen molar-refractivity contribution in [2.45, 2.75) is 37.3 Å². The highest BCUT2D eigenvalue weighted by molar-refractivity contribution is 7.16. The Morgan fingerprint density at radius 1 is 1.19 bits per heavy atom. The highest BCUT2D eigenvalue weighted by Gasteiger charge is 2.41. The Kier molecular flexibility index (Phi) is 6.99. The van der Waals surface area contributed by atoms with Crippen molar-refractivity contribution < 1.29 is 19.0 Å². The minimum absolute atomic E-state index is 0.209. The van der Waals surface area contributed by atoms with E-state index in [2.05, 4.69) is 17.0 Å². The summed E-state index contributed by atoms with van der Waals surface area (Å²) in [7, 11) is 1.92. The standard InChI is InChI=1S/C30H31FN8O3S/c1-36(29-34-25(24(17-32)43-29)19-2-4-20(31)5-3-19)27-23-16-22(18-33-26(23)35-39(27)21-6-7-21)37-10-12-38(13-11-37)28(40)30(41)8-14-42-15-9-30/h2-5,16,18,21,41H,6-15H2,1H3. The number of carbonyl (C=O) groups is 1. The number of anilines is 3. The summed E-state index contributed by atoms with van der Waals surface area (Å²) in [6.45, 7) is 3.04. The van der Waals surface area contributed by atoms with Crippen LogP contribution in [-0.4, -0.2) is 87.7 Å². The average molecular weight is 603 g/mol. The van der Waals surface area contributed by atoms with Crippen LogP contribution in [0.5, 0.6) is 0 Å². The van der Waals surface area contributed by atoms with Crippen LogP contribution in [-0.2, 0) is 9.53 Å². The minimum atomic E-state index is -1.34. The van der Waals surface area contributed by atoms with Crippen molar-refractivity contribution in [3.8, 4) is 17.3 Å². The molecule has 2 saturated heterocycles. The molecule has 1 aliphatic carbocycles. The van der Waals surface area contributed by atoms with Gasteiger partial charge in [-0.25, -0.2) is 19.0 Å². The molecule has 5 heterocycles. The molecular weight excluding hydrogens is 571 g/mol. The number of rotatable bonds is 6. The first-order valence-electron chi connectivity index (χ1n) is 14.5. The van der Waals surface area contributed by atoms with E-state index in [9.17, 15) is 19.6 Å². The van der Waals surface area contributed by atoms with Crippen molar-refractivity contribution in [2.75, 3.05) is 56.2 Å². The number of thiazole rings is 1. The molecule has 0 radical (unpaired) electrons. The Morgan fingerprint density at radius 2 is 1.91 bits per heavy atom. The van der Waals surface area contributed by atoms with Crippen LogP contribution < -0.4 is 9.80 Å². The lowest BCUT2D eigenvalue weighted by Gasteiger charge is -2.40. The van der Waals surface area contributed by atoms with E-state index in [4.69, 9.17) is 19.8 Å². The molecule has 7 rings (SSSR count). The summed E-state index contributed by atoms with van der Waals surface area (Å²) in [5.74, 6) is 0.299. The van der Waals surface area contributed by atoms with Crippen LogP contribution in [0.1, 0.15) is 36.6 Å². The second-order valence-corrected chi connectivity index (χ2v) is 12.3.